The Hall–Kier alpha value is -2.32. The number of ether oxygens (including phenoxy) is 1. The molecular formula is C20H26N2O5S. The van der Waals surface area contributed by atoms with E-state index in [2.05, 4.69) is 4.72 Å². The molecule has 1 aliphatic heterocycles. The summed E-state index contributed by atoms with van der Waals surface area (Å²) in [5, 5.41) is 0. The fraction of sp³-hybridized carbons (Fsp3) is 0.450. The van der Waals surface area contributed by atoms with Gasteiger partial charge in [0.2, 0.25) is 15.9 Å². The molecule has 8 heteroatoms. The first-order chi connectivity index (χ1) is 13.5. The van der Waals surface area contributed by atoms with Crippen LogP contribution in [0.4, 0.5) is 0 Å². The molecule has 1 fully saturated rings. The van der Waals surface area contributed by atoms with Crippen LogP contribution in [-0.4, -0.2) is 39.4 Å². The Morgan fingerprint density at radius 3 is 2.39 bits per heavy atom. The summed E-state index contributed by atoms with van der Waals surface area (Å²) in [5.41, 5.74) is 0. The second kappa shape index (κ2) is 9.25. The first-order valence-electron chi connectivity index (χ1n) is 9.47. The van der Waals surface area contributed by atoms with Gasteiger partial charge in [0, 0.05) is 13.1 Å². The van der Waals surface area contributed by atoms with Crippen LogP contribution in [0.5, 0.6) is 5.75 Å². The van der Waals surface area contributed by atoms with Crippen molar-refractivity contribution in [2.45, 2.75) is 43.0 Å². The van der Waals surface area contributed by atoms with Crippen LogP contribution in [0.1, 0.15) is 43.9 Å². The van der Waals surface area contributed by atoms with Gasteiger partial charge in [-0.15, -0.1) is 0 Å². The minimum Gasteiger partial charge on any atom is -0.497 e. The van der Waals surface area contributed by atoms with Crippen molar-refractivity contribution in [1.29, 1.82) is 0 Å². The normalized spacial score (nSPS) is 16.4. The molecule has 0 bridgehead atoms. The van der Waals surface area contributed by atoms with Crippen LogP contribution in [-0.2, 0) is 14.8 Å². The highest BCUT2D eigenvalue weighted by molar-refractivity contribution is 7.89. The number of nitrogens with zero attached hydrogens (tertiary/aromatic N) is 1. The molecule has 7 nitrogen and oxygen atoms in total. The summed E-state index contributed by atoms with van der Waals surface area (Å²) in [6.45, 7) is 1.43. The van der Waals surface area contributed by atoms with E-state index in [1.54, 1.807) is 24.3 Å². The molecule has 0 radical (unpaired) electrons. The number of nitrogens with one attached hydrogen (secondary N) is 1. The summed E-state index contributed by atoms with van der Waals surface area (Å²) in [6, 6.07) is 8.70. The Kier molecular flexibility index (Phi) is 6.74. The van der Waals surface area contributed by atoms with Crippen LogP contribution in [0.3, 0.4) is 0 Å². The number of hydrogen-bond donors (Lipinski definition) is 1. The molecule has 152 valence electrons. The summed E-state index contributed by atoms with van der Waals surface area (Å²) in [4.78, 5) is 14.7. The van der Waals surface area contributed by atoms with Gasteiger partial charge in [-0.1, -0.05) is 12.8 Å². The van der Waals surface area contributed by atoms with Crippen molar-refractivity contribution in [1.82, 2.24) is 9.62 Å². The van der Waals surface area contributed by atoms with Crippen molar-refractivity contribution in [2.24, 2.45) is 0 Å². The van der Waals surface area contributed by atoms with Crippen LogP contribution in [0.2, 0.25) is 0 Å². The Morgan fingerprint density at radius 2 is 1.82 bits per heavy atom. The van der Waals surface area contributed by atoms with Gasteiger partial charge in [0.1, 0.15) is 11.5 Å². The van der Waals surface area contributed by atoms with Gasteiger partial charge in [0.15, 0.2) is 0 Å². The van der Waals surface area contributed by atoms with Crippen LogP contribution >= 0.6 is 0 Å². The Labute approximate surface area is 165 Å². The lowest BCUT2D eigenvalue weighted by molar-refractivity contribution is -0.131. The van der Waals surface area contributed by atoms with Gasteiger partial charge in [-0.25, -0.2) is 8.42 Å². The highest BCUT2D eigenvalue weighted by Gasteiger charge is 2.28. The van der Waals surface area contributed by atoms with E-state index in [-0.39, 0.29) is 17.2 Å². The standard InChI is InChI=1S/C20H26N2O5S/c1-26-16-8-10-17(11-9-16)28(24,25)21-18(19-7-6-14-27-19)15-20(23)22-12-4-2-3-5-13-22/h6-11,14,18,21H,2-5,12-13,15H2,1H3/t18-/m0/s1. The van der Waals surface area contributed by atoms with Gasteiger partial charge in [-0.05, 0) is 49.2 Å². The molecule has 3 rings (SSSR count). The molecule has 1 aliphatic rings. The lowest BCUT2D eigenvalue weighted by Gasteiger charge is -2.23. The maximum absolute atomic E-state index is 12.8. The van der Waals surface area contributed by atoms with E-state index in [4.69, 9.17) is 9.15 Å². The third kappa shape index (κ3) is 5.14. The van der Waals surface area contributed by atoms with Gasteiger partial charge in [0.05, 0.1) is 30.7 Å². The lowest BCUT2D eigenvalue weighted by Crippen LogP contribution is -2.37. The number of carbonyl (C=O) groups is 1. The fourth-order valence-electron chi connectivity index (χ4n) is 3.32. The highest BCUT2D eigenvalue weighted by Crippen LogP contribution is 2.24. The minimum atomic E-state index is -3.83. The number of methoxy groups -OCH3 is 1. The van der Waals surface area contributed by atoms with Crippen molar-refractivity contribution in [3.8, 4) is 5.75 Å². The number of sulfonamides is 1. The zero-order valence-corrected chi connectivity index (χ0v) is 16.8. The van der Waals surface area contributed by atoms with Crippen LogP contribution in [0.15, 0.2) is 52.0 Å². The largest absolute Gasteiger partial charge is 0.497 e. The van der Waals surface area contributed by atoms with E-state index in [1.807, 2.05) is 4.90 Å². The monoisotopic (exact) mass is 406 g/mol. The Balaban J connectivity index is 1.77. The number of furan rings is 1. The first-order valence-corrected chi connectivity index (χ1v) is 11.0. The molecule has 1 aromatic carbocycles. The van der Waals surface area contributed by atoms with Crippen molar-refractivity contribution in [3.05, 3.63) is 48.4 Å². The summed E-state index contributed by atoms with van der Waals surface area (Å²) < 4.78 is 38.8. The second-order valence-electron chi connectivity index (χ2n) is 6.86. The van der Waals surface area contributed by atoms with Gasteiger partial charge >= 0.3 is 0 Å². The second-order valence-corrected chi connectivity index (χ2v) is 8.58. The number of likely N-dealkylation sites (tertiary alicyclic amines) is 1. The fourth-order valence-corrected chi connectivity index (χ4v) is 4.53. The summed E-state index contributed by atoms with van der Waals surface area (Å²) in [6.07, 6.45) is 5.69. The summed E-state index contributed by atoms with van der Waals surface area (Å²) >= 11 is 0. The molecule has 1 aromatic heterocycles. The van der Waals surface area contributed by atoms with Crippen molar-refractivity contribution in [3.63, 3.8) is 0 Å². The molecule has 0 aliphatic carbocycles. The van der Waals surface area contributed by atoms with Crippen LogP contribution in [0.25, 0.3) is 0 Å². The van der Waals surface area contributed by atoms with E-state index in [0.717, 1.165) is 38.8 Å². The van der Waals surface area contributed by atoms with E-state index < -0.39 is 16.1 Å². The topological polar surface area (TPSA) is 88.8 Å². The predicted molar refractivity (Wildman–Crippen MR) is 104 cm³/mol. The zero-order valence-electron chi connectivity index (χ0n) is 16.0. The molecule has 2 aromatic rings. The van der Waals surface area contributed by atoms with Crippen LogP contribution < -0.4 is 9.46 Å². The number of amides is 1. The van der Waals surface area contributed by atoms with E-state index >= 15 is 0 Å². The number of rotatable bonds is 7. The Bertz CT molecular complexity index is 855. The molecule has 0 saturated carbocycles. The molecule has 1 atom stereocenters. The SMILES string of the molecule is COc1ccc(S(=O)(=O)N[C@@H](CC(=O)N2CCCCCC2)c2ccco2)cc1. The van der Waals surface area contributed by atoms with E-state index in [0.29, 0.717) is 11.5 Å². The van der Waals surface area contributed by atoms with Gasteiger partial charge in [-0.3, -0.25) is 4.79 Å². The number of carbonyl (C=O) groups excluding carboxylic acids is 1. The highest BCUT2D eigenvalue weighted by atomic mass is 32.2. The van der Waals surface area contributed by atoms with E-state index in [1.165, 1.54) is 25.5 Å². The number of hydrogen-bond acceptors (Lipinski definition) is 5. The molecule has 1 saturated heterocycles. The Morgan fingerprint density at radius 1 is 1.14 bits per heavy atom. The van der Waals surface area contributed by atoms with E-state index in [9.17, 15) is 13.2 Å². The maximum atomic E-state index is 12.8. The quantitative estimate of drug-likeness (QED) is 0.763. The molecule has 1 amide bonds. The van der Waals surface area contributed by atoms with Crippen molar-refractivity contribution >= 4 is 15.9 Å². The lowest BCUT2D eigenvalue weighted by atomic mass is 10.1. The average Bonchev–Trinajstić information content (AvgIpc) is 3.09. The molecule has 0 spiro atoms. The predicted octanol–water partition coefficient (Wildman–Crippen LogP) is 3.10. The summed E-state index contributed by atoms with van der Waals surface area (Å²) in [7, 11) is -2.31. The molecular weight excluding hydrogens is 380 g/mol. The maximum Gasteiger partial charge on any atom is 0.241 e. The third-order valence-electron chi connectivity index (χ3n) is 4.89. The molecule has 28 heavy (non-hydrogen) atoms. The smallest absolute Gasteiger partial charge is 0.241 e. The zero-order chi connectivity index (χ0) is 20.0. The van der Waals surface area contributed by atoms with Gasteiger partial charge in [0.25, 0.3) is 0 Å². The number of benzene rings is 1. The van der Waals surface area contributed by atoms with Crippen molar-refractivity contribution < 1.29 is 22.4 Å². The van der Waals surface area contributed by atoms with Gasteiger partial charge < -0.3 is 14.1 Å². The van der Waals surface area contributed by atoms with Crippen molar-refractivity contribution in [2.75, 3.05) is 20.2 Å². The first kappa shape index (κ1) is 20.4. The third-order valence-corrected chi connectivity index (χ3v) is 6.38. The summed E-state index contributed by atoms with van der Waals surface area (Å²) in [5.74, 6) is 0.916. The van der Waals surface area contributed by atoms with Crippen LogP contribution in [0, 0.1) is 0 Å². The van der Waals surface area contributed by atoms with Gasteiger partial charge in [-0.2, -0.15) is 4.72 Å². The molecule has 1 N–H and O–H groups in total. The minimum absolute atomic E-state index is 0.0168. The average molecular weight is 407 g/mol. The molecule has 0 unspecified atom stereocenters. The molecule has 2 heterocycles.